The van der Waals surface area contributed by atoms with E-state index in [2.05, 4.69) is 20.7 Å². The first-order valence-corrected chi connectivity index (χ1v) is 11.9. The first-order valence-electron chi connectivity index (χ1n) is 7.97. The van der Waals surface area contributed by atoms with Crippen LogP contribution >= 0.6 is 15.9 Å². The SMILES string of the molecule is Cc1cc(Br)ccc1NS(=O)(=O)c1cc(N2C(=O)CCS2(=O)=O)ccc1C. The maximum atomic E-state index is 12.9. The Morgan fingerprint density at radius 3 is 2.37 bits per heavy atom. The van der Waals surface area contributed by atoms with Crippen LogP contribution in [0.3, 0.4) is 0 Å². The van der Waals surface area contributed by atoms with Crippen molar-refractivity contribution in [2.75, 3.05) is 14.8 Å². The predicted molar refractivity (Wildman–Crippen MR) is 107 cm³/mol. The molecule has 2 aromatic carbocycles. The van der Waals surface area contributed by atoms with Crippen molar-refractivity contribution in [3.05, 3.63) is 52.0 Å². The van der Waals surface area contributed by atoms with Gasteiger partial charge in [0.1, 0.15) is 0 Å². The van der Waals surface area contributed by atoms with Gasteiger partial charge in [0.25, 0.3) is 10.0 Å². The van der Waals surface area contributed by atoms with E-state index in [9.17, 15) is 21.6 Å². The Labute approximate surface area is 166 Å². The summed E-state index contributed by atoms with van der Waals surface area (Å²) in [5.74, 6) is -0.850. The first-order chi connectivity index (χ1) is 12.5. The molecule has 1 heterocycles. The molecule has 0 bridgehead atoms. The summed E-state index contributed by atoms with van der Waals surface area (Å²) >= 11 is 3.32. The van der Waals surface area contributed by atoms with Crippen LogP contribution in [0.1, 0.15) is 17.5 Å². The second-order valence-corrected chi connectivity index (χ2v) is 10.7. The Bertz CT molecular complexity index is 1140. The molecule has 2 aromatic rings. The minimum absolute atomic E-state index is 0.0241. The third-order valence-electron chi connectivity index (χ3n) is 4.21. The van der Waals surface area contributed by atoms with Gasteiger partial charge in [0.15, 0.2) is 0 Å². The maximum Gasteiger partial charge on any atom is 0.262 e. The first kappa shape index (κ1) is 19.8. The fourth-order valence-electron chi connectivity index (χ4n) is 2.81. The standard InChI is InChI=1S/C17H17BrN2O5S2/c1-11-3-5-14(20-17(21)7-8-26(20,22)23)10-16(11)27(24,25)19-15-6-4-13(18)9-12(15)2/h3-6,9-10,19H,7-8H2,1-2H3. The third kappa shape index (κ3) is 3.87. The van der Waals surface area contributed by atoms with Gasteiger partial charge in [0.05, 0.1) is 22.0 Å². The number of hydrogen-bond donors (Lipinski definition) is 1. The molecule has 1 saturated heterocycles. The van der Waals surface area contributed by atoms with E-state index in [0.29, 0.717) is 15.6 Å². The van der Waals surface area contributed by atoms with E-state index in [1.807, 2.05) is 0 Å². The smallest absolute Gasteiger partial charge is 0.262 e. The molecule has 1 aliphatic rings. The van der Waals surface area contributed by atoms with Gasteiger partial charge in [0, 0.05) is 10.9 Å². The van der Waals surface area contributed by atoms with E-state index in [0.717, 1.165) is 10.0 Å². The van der Waals surface area contributed by atoms with Gasteiger partial charge in [-0.1, -0.05) is 22.0 Å². The Kier molecular flexibility index (Phi) is 5.08. The summed E-state index contributed by atoms with van der Waals surface area (Å²) in [6, 6.07) is 9.25. The summed E-state index contributed by atoms with van der Waals surface area (Å²) in [5.41, 5.74) is 1.59. The Morgan fingerprint density at radius 2 is 1.78 bits per heavy atom. The molecule has 0 unspecified atom stereocenters. The number of aryl methyl sites for hydroxylation is 2. The summed E-state index contributed by atoms with van der Waals surface area (Å²) < 4.78 is 54.0. The van der Waals surface area contributed by atoms with E-state index in [1.54, 1.807) is 32.0 Å². The zero-order valence-corrected chi connectivity index (χ0v) is 17.8. The van der Waals surface area contributed by atoms with Crippen molar-refractivity contribution >= 4 is 53.3 Å². The number of nitrogens with one attached hydrogen (secondary N) is 1. The quantitative estimate of drug-likeness (QED) is 0.736. The molecular weight excluding hydrogens is 456 g/mol. The van der Waals surface area contributed by atoms with Crippen LogP contribution in [-0.4, -0.2) is 28.5 Å². The molecule has 1 aliphatic heterocycles. The van der Waals surface area contributed by atoms with E-state index in [-0.39, 0.29) is 22.8 Å². The number of nitrogens with zero attached hydrogens (tertiary/aromatic N) is 1. The van der Waals surface area contributed by atoms with Gasteiger partial charge in [-0.2, -0.15) is 0 Å². The molecule has 10 heteroatoms. The number of rotatable bonds is 4. The molecule has 1 fully saturated rings. The van der Waals surface area contributed by atoms with Crippen molar-refractivity contribution in [1.29, 1.82) is 0 Å². The highest BCUT2D eigenvalue weighted by Gasteiger charge is 2.37. The summed E-state index contributed by atoms with van der Waals surface area (Å²) in [4.78, 5) is 11.9. The molecule has 7 nitrogen and oxygen atoms in total. The highest BCUT2D eigenvalue weighted by molar-refractivity contribution is 9.10. The van der Waals surface area contributed by atoms with Crippen LogP contribution in [-0.2, 0) is 24.8 Å². The average Bonchev–Trinajstić information content (AvgIpc) is 2.84. The molecule has 0 saturated carbocycles. The number of anilines is 2. The lowest BCUT2D eigenvalue weighted by molar-refractivity contribution is -0.116. The minimum atomic E-state index is -3.98. The number of carbonyl (C=O) groups is 1. The highest BCUT2D eigenvalue weighted by Crippen LogP contribution is 2.30. The van der Waals surface area contributed by atoms with Gasteiger partial charge >= 0.3 is 0 Å². The Balaban J connectivity index is 2.04. The van der Waals surface area contributed by atoms with Crippen LogP contribution < -0.4 is 9.03 Å². The van der Waals surface area contributed by atoms with Gasteiger partial charge in [0.2, 0.25) is 15.9 Å². The summed E-state index contributed by atoms with van der Waals surface area (Å²) in [6.45, 7) is 3.37. The molecule has 1 N–H and O–H groups in total. The van der Waals surface area contributed by atoms with Crippen molar-refractivity contribution in [3.63, 3.8) is 0 Å². The molecule has 144 valence electrons. The Morgan fingerprint density at radius 1 is 1.07 bits per heavy atom. The summed E-state index contributed by atoms with van der Waals surface area (Å²) in [7, 11) is -7.76. The number of halogens is 1. The van der Waals surface area contributed by atoms with Gasteiger partial charge < -0.3 is 0 Å². The van der Waals surface area contributed by atoms with Crippen LogP contribution in [0, 0.1) is 13.8 Å². The summed E-state index contributed by atoms with van der Waals surface area (Å²) in [6.07, 6.45) is -0.116. The van der Waals surface area contributed by atoms with Gasteiger partial charge in [-0.15, -0.1) is 0 Å². The molecule has 0 aromatic heterocycles. The zero-order valence-electron chi connectivity index (χ0n) is 14.6. The molecule has 1 amide bonds. The largest absolute Gasteiger partial charge is 0.279 e. The normalized spacial score (nSPS) is 16.6. The van der Waals surface area contributed by atoms with E-state index in [4.69, 9.17) is 0 Å². The van der Waals surface area contributed by atoms with Gasteiger partial charge in [-0.3, -0.25) is 9.52 Å². The molecule has 0 radical (unpaired) electrons. The molecule has 0 spiro atoms. The van der Waals surface area contributed by atoms with Crippen LogP contribution in [0.5, 0.6) is 0 Å². The van der Waals surface area contributed by atoms with E-state index in [1.165, 1.54) is 18.2 Å². The predicted octanol–water partition coefficient (Wildman–Crippen LogP) is 2.93. The molecular formula is C17H17BrN2O5S2. The number of carbonyl (C=O) groups excluding carboxylic acids is 1. The maximum absolute atomic E-state index is 12.9. The van der Waals surface area contributed by atoms with Crippen molar-refractivity contribution in [2.45, 2.75) is 25.2 Å². The monoisotopic (exact) mass is 472 g/mol. The highest BCUT2D eigenvalue weighted by atomic mass is 79.9. The number of sulfonamides is 2. The molecule has 27 heavy (non-hydrogen) atoms. The van der Waals surface area contributed by atoms with E-state index >= 15 is 0 Å². The van der Waals surface area contributed by atoms with Crippen molar-refractivity contribution in [1.82, 2.24) is 0 Å². The lowest BCUT2D eigenvalue weighted by Gasteiger charge is -2.18. The van der Waals surface area contributed by atoms with Crippen LogP contribution in [0.15, 0.2) is 45.8 Å². The lowest BCUT2D eigenvalue weighted by Crippen LogP contribution is -2.29. The average molecular weight is 473 g/mol. The second-order valence-electron chi connectivity index (χ2n) is 6.24. The van der Waals surface area contributed by atoms with Crippen LogP contribution in [0.4, 0.5) is 11.4 Å². The Hall–Kier alpha value is -1.91. The second kappa shape index (κ2) is 6.92. The van der Waals surface area contributed by atoms with Crippen molar-refractivity contribution in [3.8, 4) is 0 Å². The number of hydrogen-bond acceptors (Lipinski definition) is 5. The fraction of sp³-hybridized carbons (Fsp3) is 0.235. The topological polar surface area (TPSA) is 101 Å². The number of amides is 1. The van der Waals surface area contributed by atoms with E-state index < -0.39 is 26.0 Å². The third-order valence-corrected chi connectivity index (χ3v) is 7.90. The number of benzene rings is 2. The molecule has 0 atom stereocenters. The minimum Gasteiger partial charge on any atom is -0.279 e. The summed E-state index contributed by atoms with van der Waals surface area (Å²) in [5, 5.41) is 0. The fourth-order valence-corrected chi connectivity index (χ4v) is 6.14. The van der Waals surface area contributed by atoms with Crippen LogP contribution in [0.25, 0.3) is 0 Å². The van der Waals surface area contributed by atoms with Crippen molar-refractivity contribution in [2.24, 2.45) is 0 Å². The van der Waals surface area contributed by atoms with Crippen LogP contribution in [0.2, 0.25) is 0 Å². The van der Waals surface area contributed by atoms with Gasteiger partial charge in [-0.05, 0) is 55.3 Å². The zero-order chi connectivity index (χ0) is 20.0. The van der Waals surface area contributed by atoms with Crippen molar-refractivity contribution < 1.29 is 21.6 Å². The molecule has 3 rings (SSSR count). The van der Waals surface area contributed by atoms with Gasteiger partial charge in [-0.25, -0.2) is 21.1 Å². The lowest BCUT2D eigenvalue weighted by atomic mass is 10.2. The molecule has 0 aliphatic carbocycles.